The fourth-order valence-corrected chi connectivity index (χ4v) is 4.09. The maximum atomic E-state index is 14.5. The molecule has 1 aromatic carbocycles. The monoisotopic (exact) mass is 407 g/mol. The van der Waals surface area contributed by atoms with Crippen molar-refractivity contribution in [1.29, 1.82) is 0 Å². The summed E-state index contributed by atoms with van der Waals surface area (Å²) in [7, 11) is 0. The highest BCUT2D eigenvalue weighted by molar-refractivity contribution is 5.95. The van der Waals surface area contributed by atoms with Gasteiger partial charge in [-0.1, -0.05) is 6.92 Å². The van der Waals surface area contributed by atoms with Crippen molar-refractivity contribution in [3.05, 3.63) is 48.3 Å². The van der Waals surface area contributed by atoms with Gasteiger partial charge in [0.25, 0.3) is 5.91 Å². The van der Waals surface area contributed by atoms with Crippen LogP contribution in [0, 0.1) is 0 Å². The van der Waals surface area contributed by atoms with Gasteiger partial charge in [0.2, 0.25) is 0 Å². The smallest absolute Gasteiger partial charge is 0.255 e. The first kappa shape index (κ1) is 18.7. The summed E-state index contributed by atoms with van der Waals surface area (Å²) in [6.07, 6.45) is 4.01. The molecule has 1 saturated heterocycles. The molecule has 0 N–H and O–H groups in total. The number of benzene rings is 1. The van der Waals surface area contributed by atoms with Gasteiger partial charge in [0.1, 0.15) is 12.3 Å². The van der Waals surface area contributed by atoms with E-state index in [1.807, 2.05) is 31.2 Å². The van der Waals surface area contributed by atoms with Gasteiger partial charge in [-0.3, -0.25) is 4.79 Å². The topological polar surface area (TPSA) is 71.5 Å². The van der Waals surface area contributed by atoms with Crippen molar-refractivity contribution in [1.82, 2.24) is 20.1 Å². The average molecular weight is 407 g/mol. The molecule has 3 aromatic rings. The van der Waals surface area contributed by atoms with Crippen molar-refractivity contribution in [2.75, 3.05) is 31.1 Å². The van der Waals surface area contributed by atoms with Crippen LogP contribution in [-0.2, 0) is 0 Å². The molecule has 1 unspecified atom stereocenters. The normalized spacial score (nSPS) is 20.9. The number of pyridine rings is 1. The van der Waals surface area contributed by atoms with Gasteiger partial charge < -0.3 is 14.5 Å². The molecule has 0 saturated carbocycles. The molecule has 8 heteroatoms. The Balaban J connectivity index is 1.43. The maximum Gasteiger partial charge on any atom is 0.255 e. The lowest BCUT2D eigenvalue weighted by Crippen LogP contribution is -2.33. The number of amides is 1. The number of nitrogens with zero attached hydrogens (tertiary/aromatic N) is 5. The third kappa shape index (κ3) is 3.22. The fraction of sp³-hybridized carbons (Fsp3) is 0.364. The number of aromatic nitrogens is 3. The number of anilines is 2. The number of halogens is 1. The Hall–Kier alpha value is -3.29. The van der Waals surface area contributed by atoms with Crippen molar-refractivity contribution in [3.63, 3.8) is 0 Å². The zero-order valence-corrected chi connectivity index (χ0v) is 16.7. The van der Waals surface area contributed by atoms with Gasteiger partial charge in [-0.15, -0.1) is 0 Å². The molecule has 5 rings (SSSR count). The van der Waals surface area contributed by atoms with Crippen molar-refractivity contribution in [2.45, 2.75) is 25.4 Å². The SMILES string of the molecule is CCC1(F)CCN(C(=O)c2cnc3c(c2)OCCN3c2ccc3nnccc3c2)C1. The lowest BCUT2D eigenvalue weighted by atomic mass is 10.0. The molecule has 0 aliphatic carbocycles. The van der Waals surface area contributed by atoms with Crippen LogP contribution in [-0.4, -0.2) is 57.9 Å². The summed E-state index contributed by atoms with van der Waals surface area (Å²) in [4.78, 5) is 21.0. The van der Waals surface area contributed by atoms with Crippen LogP contribution in [0.1, 0.15) is 30.1 Å². The zero-order chi connectivity index (χ0) is 20.7. The van der Waals surface area contributed by atoms with Gasteiger partial charge in [-0.25, -0.2) is 9.37 Å². The fourth-order valence-electron chi connectivity index (χ4n) is 4.09. The molecular formula is C22H22FN5O2. The zero-order valence-electron chi connectivity index (χ0n) is 16.7. The molecule has 1 fully saturated rings. The Labute approximate surface area is 173 Å². The lowest BCUT2D eigenvalue weighted by molar-refractivity contribution is 0.0748. The Bertz CT molecular complexity index is 1120. The van der Waals surface area contributed by atoms with Crippen LogP contribution in [0.15, 0.2) is 42.7 Å². The van der Waals surface area contributed by atoms with Crippen LogP contribution in [0.4, 0.5) is 15.9 Å². The number of likely N-dealkylation sites (tertiary alicyclic amines) is 1. The van der Waals surface area contributed by atoms with Crippen molar-refractivity contribution >= 4 is 28.3 Å². The Kier molecular flexibility index (Phi) is 4.49. The van der Waals surface area contributed by atoms with Crippen LogP contribution in [0.2, 0.25) is 0 Å². The average Bonchev–Trinajstić information content (AvgIpc) is 3.20. The molecular weight excluding hydrogens is 385 g/mol. The van der Waals surface area contributed by atoms with Gasteiger partial charge in [0.05, 0.1) is 30.4 Å². The largest absolute Gasteiger partial charge is 0.488 e. The van der Waals surface area contributed by atoms with Gasteiger partial charge in [0, 0.05) is 30.2 Å². The summed E-state index contributed by atoms with van der Waals surface area (Å²) >= 11 is 0. The molecule has 154 valence electrons. The highest BCUT2D eigenvalue weighted by Gasteiger charge is 2.39. The van der Waals surface area contributed by atoms with Crippen LogP contribution >= 0.6 is 0 Å². The van der Waals surface area contributed by atoms with Crippen LogP contribution in [0.5, 0.6) is 5.75 Å². The second-order valence-electron chi connectivity index (χ2n) is 7.80. The Morgan fingerprint density at radius 2 is 2.17 bits per heavy atom. The third-order valence-corrected chi connectivity index (χ3v) is 5.94. The van der Waals surface area contributed by atoms with Crippen molar-refractivity contribution < 1.29 is 13.9 Å². The quantitative estimate of drug-likeness (QED) is 0.662. The summed E-state index contributed by atoms with van der Waals surface area (Å²) in [6.45, 7) is 3.49. The minimum atomic E-state index is -1.29. The molecule has 1 amide bonds. The molecule has 4 heterocycles. The number of fused-ring (bicyclic) bond motifs is 2. The lowest BCUT2D eigenvalue weighted by Gasteiger charge is -2.30. The number of hydrogen-bond acceptors (Lipinski definition) is 6. The van der Waals surface area contributed by atoms with E-state index in [4.69, 9.17) is 4.74 Å². The van der Waals surface area contributed by atoms with E-state index in [2.05, 4.69) is 20.1 Å². The van der Waals surface area contributed by atoms with Crippen molar-refractivity contribution in [2.24, 2.45) is 0 Å². The number of ether oxygens (including phenoxy) is 1. The molecule has 7 nitrogen and oxygen atoms in total. The van der Waals surface area contributed by atoms with Crippen LogP contribution in [0.25, 0.3) is 10.9 Å². The summed E-state index contributed by atoms with van der Waals surface area (Å²) in [5, 5.41) is 9.02. The molecule has 0 bridgehead atoms. The summed E-state index contributed by atoms with van der Waals surface area (Å²) in [6, 6.07) is 9.57. The number of carbonyl (C=O) groups excluding carboxylic acids is 1. The van der Waals surface area contributed by atoms with E-state index in [0.717, 1.165) is 16.6 Å². The van der Waals surface area contributed by atoms with Crippen LogP contribution < -0.4 is 9.64 Å². The highest BCUT2D eigenvalue weighted by Crippen LogP contribution is 2.37. The van der Waals surface area contributed by atoms with E-state index in [1.54, 1.807) is 23.4 Å². The molecule has 2 aliphatic heterocycles. The molecule has 0 radical (unpaired) electrons. The molecule has 2 aliphatic rings. The van der Waals surface area contributed by atoms with Gasteiger partial charge in [-0.2, -0.15) is 10.2 Å². The Morgan fingerprint density at radius 1 is 1.27 bits per heavy atom. The summed E-state index contributed by atoms with van der Waals surface area (Å²) in [5.41, 5.74) is 0.928. The number of rotatable bonds is 3. The van der Waals surface area contributed by atoms with E-state index < -0.39 is 5.67 Å². The van der Waals surface area contributed by atoms with E-state index in [-0.39, 0.29) is 12.5 Å². The first-order valence-corrected chi connectivity index (χ1v) is 10.2. The van der Waals surface area contributed by atoms with E-state index in [0.29, 0.717) is 49.7 Å². The first-order valence-electron chi connectivity index (χ1n) is 10.2. The Morgan fingerprint density at radius 3 is 3.00 bits per heavy atom. The summed E-state index contributed by atoms with van der Waals surface area (Å²) in [5.74, 6) is 1.01. The predicted octanol–water partition coefficient (Wildman–Crippen LogP) is 3.52. The number of carbonyl (C=O) groups is 1. The van der Waals surface area contributed by atoms with E-state index in [1.165, 1.54) is 0 Å². The third-order valence-electron chi connectivity index (χ3n) is 5.94. The number of alkyl halides is 1. The molecule has 0 spiro atoms. The predicted molar refractivity (Wildman–Crippen MR) is 111 cm³/mol. The van der Waals surface area contributed by atoms with E-state index >= 15 is 0 Å². The van der Waals surface area contributed by atoms with Crippen molar-refractivity contribution in [3.8, 4) is 5.75 Å². The molecule has 2 aromatic heterocycles. The van der Waals surface area contributed by atoms with Gasteiger partial charge in [0.15, 0.2) is 11.6 Å². The number of hydrogen-bond donors (Lipinski definition) is 0. The second-order valence-corrected chi connectivity index (χ2v) is 7.80. The highest BCUT2D eigenvalue weighted by atomic mass is 19.1. The molecule has 30 heavy (non-hydrogen) atoms. The second kappa shape index (κ2) is 7.19. The minimum absolute atomic E-state index is 0.131. The van der Waals surface area contributed by atoms with Gasteiger partial charge in [-0.05, 0) is 36.8 Å². The summed E-state index contributed by atoms with van der Waals surface area (Å²) < 4.78 is 20.3. The minimum Gasteiger partial charge on any atom is -0.488 e. The first-order chi connectivity index (χ1) is 14.6. The molecule has 1 atom stereocenters. The van der Waals surface area contributed by atoms with Crippen LogP contribution in [0.3, 0.4) is 0 Å². The van der Waals surface area contributed by atoms with Gasteiger partial charge >= 0.3 is 0 Å². The standard InChI is InChI=1S/C22H22FN5O2/c1-2-22(23)6-8-27(14-22)21(29)16-12-19-20(24-13-16)28(9-10-30-19)17-3-4-18-15(11-17)5-7-25-26-18/h3-5,7,11-13H,2,6,8-10,14H2,1H3. The maximum absolute atomic E-state index is 14.5. The van der Waals surface area contributed by atoms with E-state index in [9.17, 15) is 9.18 Å².